The molecule has 0 unspecified atom stereocenters. The van der Waals surface area contributed by atoms with Crippen LogP contribution in [0.5, 0.6) is 0 Å². The molecule has 0 aliphatic rings. The molecular weight excluding hydrogens is 234 g/mol. The Morgan fingerprint density at radius 1 is 1.53 bits per heavy atom. The fraction of sp³-hybridized carbons (Fsp3) is 0.500. The zero-order valence-corrected chi connectivity index (χ0v) is 11.2. The van der Waals surface area contributed by atoms with E-state index >= 15 is 0 Å². The number of carbonyl (C=O) groups is 1. The monoisotopic (exact) mass is 251 g/mol. The van der Waals surface area contributed by atoms with Gasteiger partial charge in [-0.05, 0) is 5.41 Å². The van der Waals surface area contributed by atoms with Gasteiger partial charge in [0.25, 0.3) is 0 Å². The minimum Gasteiger partial charge on any atom is -0.350 e. The van der Waals surface area contributed by atoms with E-state index < -0.39 is 0 Å². The summed E-state index contributed by atoms with van der Waals surface area (Å²) in [6.07, 6.45) is 4.45. The fourth-order valence-corrected chi connectivity index (χ4v) is 2.31. The standard InChI is InChI=1S/C12H17N3OS/c1-12(2,3)6-10(16)13-7-9-8-15-4-5-17-11(15)14-9/h4-5,8H,6-7H2,1-3H3,(H,13,16). The van der Waals surface area contributed by atoms with Gasteiger partial charge in [-0.2, -0.15) is 0 Å². The van der Waals surface area contributed by atoms with E-state index in [-0.39, 0.29) is 11.3 Å². The number of hydrogen-bond acceptors (Lipinski definition) is 3. The first kappa shape index (κ1) is 12.1. The quantitative estimate of drug-likeness (QED) is 0.910. The molecule has 0 aliphatic carbocycles. The number of thiazole rings is 1. The first-order valence-electron chi connectivity index (χ1n) is 5.62. The molecule has 0 saturated carbocycles. The highest BCUT2D eigenvalue weighted by Gasteiger charge is 2.15. The van der Waals surface area contributed by atoms with Crippen molar-refractivity contribution in [3.8, 4) is 0 Å². The van der Waals surface area contributed by atoms with E-state index in [1.165, 1.54) is 0 Å². The summed E-state index contributed by atoms with van der Waals surface area (Å²) in [5, 5.41) is 4.89. The normalized spacial score (nSPS) is 11.9. The van der Waals surface area contributed by atoms with E-state index in [9.17, 15) is 4.79 Å². The molecule has 92 valence electrons. The summed E-state index contributed by atoms with van der Waals surface area (Å²) < 4.78 is 1.97. The molecule has 0 radical (unpaired) electrons. The third-order valence-corrected chi connectivity index (χ3v) is 3.07. The number of fused-ring (bicyclic) bond motifs is 1. The molecule has 0 bridgehead atoms. The van der Waals surface area contributed by atoms with Crippen molar-refractivity contribution < 1.29 is 4.79 Å². The van der Waals surface area contributed by atoms with Crippen molar-refractivity contribution in [1.29, 1.82) is 0 Å². The molecular formula is C12H17N3OS. The van der Waals surface area contributed by atoms with Gasteiger partial charge in [-0.15, -0.1) is 11.3 Å². The lowest BCUT2D eigenvalue weighted by Crippen LogP contribution is -2.27. The molecule has 2 aromatic heterocycles. The second kappa shape index (κ2) is 4.49. The van der Waals surface area contributed by atoms with Gasteiger partial charge in [-0.1, -0.05) is 20.8 Å². The van der Waals surface area contributed by atoms with E-state index in [1.807, 2.05) is 22.2 Å². The summed E-state index contributed by atoms with van der Waals surface area (Å²) in [6.45, 7) is 6.67. The Morgan fingerprint density at radius 2 is 2.29 bits per heavy atom. The van der Waals surface area contributed by atoms with Crippen LogP contribution in [0.4, 0.5) is 0 Å². The summed E-state index contributed by atoms with van der Waals surface area (Å²) in [7, 11) is 0. The van der Waals surface area contributed by atoms with E-state index in [4.69, 9.17) is 0 Å². The Hall–Kier alpha value is -1.36. The van der Waals surface area contributed by atoms with Crippen molar-refractivity contribution in [2.24, 2.45) is 5.41 Å². The van der Waals surface area contributed by atoms with Crippen LogP contribution in [0, 0.1) is 5.41 Å². The molecule has 2 aromatic rings. The van der Waals surface area contributed by atoms with Crippen LogP contribution in [-0.4, -0.2) is 15.3 Å². The maximum absolute atomic E-state index is 11.6. The molecule has 0 aromatic carbocycles. The number of nitrogens with one attached hydrogen (secondary N) is 1. The van der Waals surface area contributed by atoms with Crippen molar-refractivity contribution in [3.05, 3.63) is 23.5 Å². The topological polar surface area (TPSA) is 46.4 Å². The van der Waals surface area contributed by atoms with Crippen molar-refractivity contribution in [3.63, 3.8) is 0 Å². The summed E-state index contributed by atoms with van der Waals surface area (Å²) in [5.41, 5.74) is 0.928. The van der Waals surface area contributed by atoms with E-state index in [0.29, 0.717) is 13.0 Å². The number of amides is 1. The largest absolute Gasteiger partial charge is 0.350 e. The average molecular weight is 251 g/mol. The maximum atomic E-state index is 11.6. The zero-order chi connectivity index (χ0) is 12.5. The molecule has 0 spiro atoms. The molecule has 2 rings (SSSR count). The van der Waals surface area contributed by atoms with Crippen molar-refractivity contribution in [2.45, 2.75) is 33.7 Å². The van der Waals surface area contributed by atoms with Crippen LogP contribution in [0.15, 0.2) is 17.8 Å². The van der Waals surface area contributed by atoms with Gasteiger partial charge in [0.2, 0.25) is 5.91 Å². The number of hydrogen-bond donors (Lipinski definition) is 1. The summed E-state index contributed by atoms with van der Waals surface area (Å²) in [4.78, 5) is 17.0. The molecule has 0 fully saturated rings. The lowest BCUT2D eigenvalue weighted by molar-refractivity contribution is -0.122. The van der Waals surface area contributed by atoms with Crippen LogP contribution in [-0.2, 0) is 11.3 Å². The van der Waals surface area contributed by atoms with Crippen LogP contribution in [0.2, 0.25) is 0 Å². The predicted molar refractivity (Wildman–Crippen MR) is 69.0 cm³/mol. The second-order valence-corrected chi connectivity index (χ2v) is 6.21. The maximum Gasteiger partial charge on any atom is 0.220 e. The molecule has 5 heteroatoms. The van der Waals surface area contributed by atoms with Gasteiger partial charge < -0.3 is 5.32 Å². The van der Waals surface area contributed by atoms with Crippen LogP contribution >= 0.6 is 11.3 Å². The summed E-state index contributed by atoms with van der Waals surface area (Å²) >= 11 is 1.59. The van der Waals surface area contributed by atoms with E-state index in [0.717, 1.165) is 10.7 Å². The molecule has 0 saturated heterocycles. The number of aromatic nitrogens is 2. The highest BCUT2D eigenvalue weighted by atomic mass is 32.1. The Kier molecular flexibility index (Phi) is 3.19. The lowest BCUT2D eigenvalue weighted by atomic mass is 9.92. The van der Waals surface area contributed by atoms with E-state index in [2.05, 4.69) is 31.1 Å². The second-order valence-electron chi connectivity index (χ2n) is 5.34. The van der Waals surface area contributed by atoms with Crippen LogP contribution in [0.1, 0.15) is 32.9 Å². The first-order valence-corrected chi connectivity index (χ1v) is 6.50. The highest BCUT2D eigenvalue weighted by Crippen LogP contribution is 2.18. The van der Waals surface area contributed by atoms with Gasteiger partial charge in [-0.3, -0.25) is 9.20 Å². The average Bonchev–Trinajstić information content (AvgIpc) is 2.70. The first-order chi connectivity index (χ1) is 7.94. The fourth-order valence-electron chi connectivity index (χ4n) is 1.59. The third-order valence-electron chi connectivity index (χ3n) is 2.30. The van der Waals surface area contributed by atoms with Gasteiger partial charge in [0, 0.05) is 24.2 Å². The lowest BCUT2D eigenvalue weighted by Gasteiger charge is -2.16. The molecule has 17 heavy (non-hydrogen) atoms. The van der Waals surface area contributed by atoms with Gasteiger partial charge in [0.15, 0.2) is 4.96 Å². The number of nitrogens with zero attached hydrogens (tertiary/aromatic N) is 2. The molecule has 0 aliphatic heterocycles. The summed E-state index contributed by atoms with van der Waals surface area (Å²) in [6, 6.07) is 0. The highest BCUT2D eigenvalue weighted by molar-refractivity contribution is 7.15. The van der Waals surface area contributed by atoms with Gasteiger partial charge in [-0.25, -0.2) is 4.98 Å². The summed E-state index contributed by atoms with van der Waals surface area (Å²) in [5.74, 6) is 0.0776. The number of rotatable bonds is 3. The smallest absolute Gasteiger partial charge is 0.220 e. The molecule has 1 amide bonds. The number of imidazole rings is 1. The van der Waals surface area contributed by atoms with E-state index in [1.54, 1.807) is 11.3 Å². The van der Waals surface area contributed by atoms with Crippen molar-refractivity contribution >= 4 is 22.2 Å². The third kappa shape index (κ3) is 3.30. The number of carbonyl (C=O) groups excluding carboxylic acids is 1. The SMILES string of the molecule is CC(C)(C)CC(=O)NCc1cn2ccsc2n1. The van der Waals surface area contributed by atoms with Gasteiger partial charge >= 0.3 is 0 Å². The zero-order valence-electron chi connectivity index (χ0n) is 10.4. The molecule has 4 nitrogen and oxygen atoms in total. The Morgan fingerprint density at radius 3 is 2.94 bits per heavy atom. The van der Waals surface area contributed by atoms with Crippen LogP contribution in [0.3, 0.4) is 0 Å². The van der Waals surface area contributed by atoms with Crippen LogP contribution in [0.25, 0.3) is 4.96 Å². The van der Waals surface area contributed by atoms with Crippen molar-refractivity contribution in [2.75, 3.05) is 0 Å². The van der Waals surface area contributed by atoms with Gasteiger partial charge in [0.1, 0.15) is 0 Å². The van der Waals surface area contributed by atoms with Crippen LogP contribution < -0.4 is 5.32 Å². The Labute approximate surface area is 105 Å². The molecule has 2 heterocycles. The molecule has 1 N–H and O–H groups in total. The van der Waals surface area contributed by atoms with Gasteiger partial charge in [0.05, 0.1) is 12.2 Å². The Bertz CT molecular complexity index is 493. The minimum atomic E-state index is 0.0264. The predicted octanol–water partition coefficient (Wildman–Crippen LogP) is 2.45. The molecule has 0 atom stereocenters. The Balaban J connectivity index is 1.90. The minimum absolute atomic E-state index is 0.0264. The van der Waals surface area contributed by atoms with Crippen molar-refractivity contribution in [1.82, 2.24) is 14.7 Å².